The molecule has 82 valence electrons. The van der Waals surface area contributed by atoms with Crippen LogP contribution < -0.4 is 0 Å². The molecule has 0 aromatic carbocycles. The van der Waals surface area contributed by atoms with Crippen molar-refractivity contribution < 1.29 is 0 Å². The van der Waals surface area contributed by atoms with Crippen molar-refractivity contribution >= 4 is 0 Å². The Morgan fingerprint density at radius 2 is 1.43 bits per heavy atom. The van der Waals surface area contributed by atoms with E-state index in [9.17, 15) is 0 Å². The lowest BCUT2D eigenvalue weighted by Crippen LogP contribution is -2.17. The molecular formula is C14H26. The normalized spacial score (nSPS) is 34.9. The van der Waals surface area contributed by atoms with E-state index in [1.165, 1.54) is 38.5 Å². The van der Waals surface area contributed by atoms with Crippen molar-refractivity contribution in [2.24, 2.45) is 17.8 Å². The molecule has 2 rings (SSSR count). The predicted octanol–water partition coefficient (Wildman–Crippen LogP) is 4.78. The Kier molecular flexibility index (Phi) is 3.89. The first-order chi connectivity index (χ1) is 6.86. The average molecular weight is 194 g/mol. The van der Waals surface area contributed by atoms with Gasteiger partial charge in [-0.2, -0.15) is 0 Å². The summed E-state index contributed by atoms with van der Waals surface area (Å²) in [6.45, 7) is 2.48. The van der Waals surface area contributed by atoms with Gasteiger partial charge in [-0.25, -0.2) is 0 Å². The van der Waals surface area contributed by atoms with Crippen molar-refractivity contribution in [1.82, 2.24) is 0 Å². The van der Waals surface area contributed by atoms with E-state index >= 15 is 0 Å². The lowest BCUT2D eigenvalue weighted by Gasteiger charge is -2.29. The van der Waals surface area contributed by atoms with Gasteiger partial charge in [-0.1, -0.05) is 64.7 Å². The molecule has 0 saturated heterocycles. The van der Waals surface area contributed by atoms with Crippen LogP contribution in [-0.4, -0.2) is 0 Å². The first-order valence-electron chi connectivity index (χ1n) is 6.86. The number of hydrogen-bond acceptors (Lipinski definition) is 0. The predicted molar refractivity (Wildman–Crippen MR) is 62.3 cm³/mol. The maximum absolute atomic E-state index is 2.48. The van der Waals surface area contributed by atoms with E-state index in [1.54, 1.807) is 25.7 Å². The Balaban J connectivity index is 1.67. The van der Waals surface area contributed by atoms with Crippen molar-refractivity contribution in [3.05, 3.63) is 0 Å². The van der Waals surface area contributed by atoms with Crippen LogP contribution >= 0.6 is 0 Å². The summed E-state index contributed by atoms with van der Waals surface area (Å²) in [5, 5.41) is 0. The zero-order valence-electron chi connectivity index (χ0n) is 9.80. The Bertz CT molecular complexity index is 155. The third-order valence-electron chi connectivity index (χ3n) is 4.71. The van der Waals surface area contributed by atoms with Crippen LogP contribution in [-0.2, 0) is 0 Å². The highest BCUT2D eigenvalue weighted by Gasteiger charge is 2.23. The van der Waals surface area contributed by atoms with Gasteiger partial charge in [0.05, 0.1) is 0 Å². The third-order valence-corrected chi connectivity index (χ3v) is 4.71. The summed E-state index contributed by atoms with van der Waals surface area (Å²) in [7, 11) is 0. The van der Waals surface area contributed by atoms with E-state index in [4.69, 9.17) is 0 Å². The van der Waals surface area contributed by atoms with Gasteiger partial charge in [-0.05, 0) is 24.2 Å². The molecule has 0 aromatic heterocycles. The van der Waals surface area contributed by atoms with E-state index in [0.29, 0.717) is 0 Å². The van der Waals surface area contributed by atoms with Gasteiger partial charge in [0.15, 0.2) is 0 Å². The molecule has 2 atom stereocenters. The van der Waals surface area contributed by atoms with E-state index in [0.717, 1.165) is 17.8 Å². The van der Waals surface area contributed by atoms with E-state index in [2.05, 4.69) is 6.92 Å². The summed E-state index contributed by atoms with van der Waals surface area (Å²) < 4.78 is 0. The molecule has 0 amide bonds. The quantitative estimate of drug-likeness (QED) is 0.606. The first kappa shape index (κ1) is 10.5. The fourth-order valence-corrected chi connectivity index (χ4v) is 3.57. The van der Waals surface area contributed by atoms with Crippen molar-refractivity contribution in [1.29, 1.82) is 0 Å². The van der Waals surface area contributed by atoms with Crippen LogP contribution in [0.5, 0.6) is 0 Å². The molecule has 14 heavy (non-hydrogen) atoms. The molecule has 0 unspecified atom stereocenters. The second-order valence-corrected chi connectivity index (χ2v) is 5.75. The summed E-state index contributed by atoms with van der Waals surface area (Å²) >= 11 is 0. The molecule has 2 aliphatic carbocycles. The SMILES string of the molecule is C[C@@H]1CCCC[C@@H]1CCC1CCCC1. The van der Waals surface area contributed by atoms with E-state index in [1.807, 2.05) is 0 Å². The van der Waals surface area contributed by atoms with Gasteiger partial charge >= 0.3 is 0 Å². The zero-order chi connectivity index (χ0) is 9.80. The standard InChI is InChI=1S/C14H26/c1-12-6-2-5-9-14(12)11-10-13-7-3-4-8-13/h12-14H,2-11H2,1H3/t12-,14-/m1/s1. The summed E-state index contributed by atoms with van der Waals surface area (Å²) in [6.07, 6.45) is 15.3. The molecule has 2 saturated carbocycles. The minimum Gasteiger partial charge on any atom is -0.0622 e. The largest absolute Gasteiger partial charge is 0.0622 e. The van der Waals surface area contributed by atoms with Crippen molar-refractivity contribution in [3.8, 4) is 0 Å². The molecule has 0 aromatic rings. The van der Waals surface area contributed by atoms with Gasteiger partial charge in [-0.15, -0.1) is 0 Å². The van der Waals surface area contributed by atoms with E-state index < -0.39 is 0 Å². The third kappa shape index (κ3) is 2.74. The highest BCUT2D eigenvalue weighted by Crippen LogP contribution is 2.36. The monoisotopic (exact) mass is 194 g/mol. The van der Waals surface area contributed by atoms with Crippen molar-refractivity contribution in [2.45, 2.75) is 71.1 Å². The van der Waals surface area contributed by atoms with Crippen LogP contribution in [0.25, 0.3) is 0 Å². The summed E-state index contributed by atoms with van der Waals surface area (Å²) in [5.74, 6) is 3.23. The van der Waals surface area contributed by atoms with Crippen LogP contribution in [0.1, 0.15) is 71.1 Å². The second-order valence-electron chi connectivity index (χ2n) is 5.75. The fourth-order valence-electron chi connectivity index (χ4n) is 3.57. The lowest BCUT2D eigenvalue weighted by atomic mass is 9.77. The van der Waals surface area contributed by atoms with Gasteiger partial charge in [0, 0.05) is 0 Å². The summed E-state index contributed by atoms with van der Waals surface area (Å²) in [6, 6.07) is 0. The van der Waals surface area contributed by atoms with Gasteiger partial charge in [0.1, 0.15) is 0 Å². The molecule has 0 heterocycles. The minimum atomic E-state index is 1.03. The molecule has 0 radical (unpaired) electrons. The summed E-state index contributed by atoms with van der Waals surface area (Å²) in [5.41, 5.74) is 0. The van der Waals surface area contributed by atoms with Gasteiger partial charge in [0.2, 0.25) is 0 Å². The Hall–Kier alpha value is 0. The Morgan fingerprint density at radius 1 is 0.786 bits per heavy atom. The average Bonchev–Trinajstić information content (AvgIpc) is 2.69. The fraction of sp³-hybridized carbons (Fsp3) is 1.00. The lowest BCUT2D eigenvalue weighted by molar-refractivity contribution is 0.226. The number of hydrogen-bond donors (Lipinski definition) is 0. The maximum atomic E-state index is 2.48. The highest BCUT2D eigenvalue weighted by molar-refractivity contribution is 4.75. The zero-order valence-corrected chi connectivity index (χ0v) is 9.80. The van der Waals surface area contributed by atoms with Crippen LogP contribution in [0.2, 0.25) is 0 Å². The molecule has 0 bridgehead atoms. The second kappa shape index (κ2) is 5.19. The first-order valence-corrected chi connectivity index (χ1v) is 6.86. The number of rotatable bonds is 3. The van der Waals surface area contributed by atoms with Crippen LogP contribution in [0.4, 0.5) is 0 Å². The van der Waals surface area contributed by atoms with Gasteiger partial charge < -0.3 is 0 Å². The van der Waals surface area contributed by atoms with E-state index in [-0.39, 0.29) is 0 Å². The Morgan fingerprint density at radius 3 is 2.14 bits per heavy atom. The van der Waals surface area contributed by atoms with Crippen molar-refractivity contribution in [2.75, 3.05) is 0 Å². The topological polar surface area (TPSA) is 0 Å². The van der Waals surface area contributed by atoms with Crippen LogP contribution in [0, 0.1) is 17.8 Å². The molecule has 0 spiro atoms. The summed E-state index contributed by atoms with van der Waals surface area (Å²) in [4.78, 5) is 0. The Labute approximate surface area is 89.5 Å². The van der Waals surface area contributed by atoms with Crippen molar-refractivity contribution in [3.63, 3.8) is 0 Å². The molecule has 0 heteroatoms. The maximum Gasteiger partial charge on any atom is -0.0388 e. The van der Waals surface area contributed by atoms with Gasteiger partial charge in [-0.3, -0.25) is 0 Å². The van der Waals surface area contributed by atoms with Gasteiger partial charge in [0.25, 0.3) is 0 Å². The minimum absolute atomic E-state index is 1.03. The molecule has 2 fully saturated rings. The smallest absolute Gasteiger partial charge is 0.0388 e. The van der Waals surface area contributed by atoms with Crippen LogP contribution in [0.3, 0.4) is 0 Å². The molecule has 2 aliphatic rings. The molecular weight excluding hydrogens is 168 g/mol. The molecule has 0 aliphatic heterocycles. The molecule has 0 N–H and O–H groups in total. The van der Waals surface area contributed by atoms with Crippen LogP contribution in [0.15, 0.2) is 0 Å². The molecule has 0 nitrogen and oxygen atoms in total. The highest BCUT2D eigenvalue weighted by atomic mass is 14.3.